The number of fused-ring (bicyclic) bond motifs is 3. The number of allylic oxidation sites excluding steroid dienone is 1. The predicted molar refractivity (Wildman–Crippen MR) is 102 cm³/mol. The molecular weight excluding hydrogens is 330 g/mol. The van der Waals surface area contributed by atoms with Crippen LogP contribution in [-0.2, 0) is 16.4 Å². The van der Waals surface area contributed by atoms with Crippen LogP contribution in [-0.4, -0.2) is 12.4 Å². The fraction of sp³-hybridized carbons (Fsp3) is 0.238. The van der Waals surface area contributed by atoms with E-state index in [0.29, 0.717) is 4.90 Å². The van der Waals surface area contributed by atoms with E-state index < -0.39 is 10.0 Å². The second-order valence-corrected chi connectivity index (χ2v) is 8.48. The molecule has 0 saturated heterocycles. The van der Waals surface area contributed by atoms with Crippen LogP contribution >= 0.6 is 0 Å². The fourth-order valence-electron chi connectivity index (χ4n) is 3.90. The zero-order valence-electron chi connectivity index (χ0n) is 14.3. The number of rotatable bonds is 3. The normalized spacial score (nSPS) is 17.4. The molecule has 1 aliphatic carbocycles. The van der Waals surface area contributed by atoms with Crippen LogP contribution in [0.4, 0.5) is 0 Å². The quantitative estimate of drug-likeness (QED) is 0.636. The van der Waals surface area contributed by atoms with Crippen molar-refractivity contribution in [2.24, 2.45) is 0 Å². The molecule has 1 aromatic heterocycles. The highest BCUT2D eigenvalue weighted by molar-refractivity contribution is 7.90. The van der Waals surface area contributed by atoms with Crippen molar-refractivity contribution in [3.8, 4) is 0 Å². The SMILES string of the molecule is C=CC1CCCc2c1c1ccccc1n2S(=O)(=O)c1ccc(C)cc1. The summed E-state index contributed by atoms with van der Waals surface area (Å²) >= 11 is 0. The van der Waals surface area contributed by atoms with Crippen LogP contribution < -0.4 is 0 Å². The maximum absolute atomic E-state index is 13.4. The molecule has 0 spiro atoms. The zero-order valence-corrected chi connectivity index (χ0v) is 15.1. The molecule has 0 fully saturated rings. The Balaban J connectivity index is 2.05. The van der Waals surface area contributed by atoms with Crippen LogP contribution in [0.2, 0.25) is 0 Å². The predicted octanol–water partition coefficient (Wildman–Crippen LogP) is 4.79. The van der Waals surface area contributed by atoms with Gasteiger partial charge in [0.2, 0.25) is 0 Å². The van der Waals surface area contributed by atoms with E-state index in [9.17, 15) is 8.42 Å². The van der Waals surface area contributed by atoms with E-state index in [2.05, 4.69) is 6.58 Å². The summed E-state index contributed by atoms with van der Waals surface area (Å²) in [5.41, 5.74) is 3.86. The van der Waals surface area contributed by atoms with E-state index in [1.165, 1.54) is 0 Å². The Bertz CT molecular complexity index is 1060. The number of aromatic nitrogens is 1. The van der Waals surface area contributed by atoms with Gasteiger partial charge in [0.15, 0.2) is 0 Å². The molecule has 0 amide bonds. The Labute approximate surface area is 148 Å². The summed E-state index contributed by atoms with van der Waals surface area (Å²) in [5, 5.41) is 1.03. The van der Waals surface area contributed by atoms with Gasteiger partial charge in [-0.05, 0) is 49.9 Å². The molecule has 4 rings (SSSR count). The molecule has 1 aliphatic rings. The van der Waals surface area contributed by atoms with Gasteiger partial charge in [-0.1, -0.05) is 42.0 Å². The summed E-state index contributed by atoms with van der Waals surface area (Å²) < 4.78 is 28.4. The average molecular weight is 351 g/mol. The molecule has 2 aromatic carbocycles. The average Bonchev–Trinajstić information content (AvgIpc) is 2.97. The summed E-state index contributed by atoms with van der Waals surface area (Å²) in [4.78, 5) is 0.336. The standard InChI is InChI=1S/C21H21NO2S/c1-3-16-7-6-10-20-21(16)18-8-4-5-9-19(18)22(20)25(23,24)17-13-11-15(2)12-14-17/h3-5,8-9,11-14,16H,1,6-7,10H2,2H3. The maximum atomic E-state index is 13.4. The topological polar surface area (TPSA) is 39.1 Å². The molecule has 0 radical (unpaired) electrons. The molecule has 1 unspecified atom stereocenters. The van der Waals surface area contributed by atoms with Gasteiger partial charge in [-0.3, -0.25) is 0 Å². The van der Waals surface area contributed by atoms with E-state index in [0.717, 1.165) is 47.0 Å². The molecule has 0 saturated carbocycles. The van der Waals surface area contributed by atoms with Crippen LogP contribution in [0.25, 0.3) is 10.9 Å². The number of benzene rings is 2. The Morgan fingerprint density at radius 2 is 1.84 bits per heavy atom. The Hall–Kier alpha value is -2.33. The first-order chi connectivity index (χ1) is 12.0. The maximum Gasteiger partial charge on any atom is 0.268 e. The van der Waals surface area contributed by atoms with Crippen molar-refractivity contribution in [3.05, 3.63) is 78.0 Å². The minimum absolute atomic E-state index is 0.211. The first-order valence-electron chi connectivity index (χ1n) is 8.61. The number of hydrogen-bond acceptors (Lipinski definition) is 2. The summed E-state index contributed by atoms with van der Waals surface area (Å²) in [6.07, 6.45) is 4.73. The van der Waals surface area contributed by atoms with Gasteiger partial charge < -0.3 is 0 Å². The lowest BCUT2D eigenvalue weighted by atomic mass is 9.85. The lowest BCUT2D eigenvalue weighted by Crippen LogP contribution is -2.18. The number of para-hydroxylation sites is 1. The van der Waals surface area contributed by atoms with Crippen LogP contribution in [0.3, 0.4) is 0 Å². The molecule has 0 aliphatic heterocycles. The molecule has 0 bridgehead atoms. The van der Waals surface area contributed by atoms with Crippen LogP contribution in [0, 0.1) is 6.92 Å². The second-order valence-electron chi connectivity index (χ2n) is 6.69. The van der Waals surface area contributed by atoms with Crippen molar-refractivity contribution in [2.75, 3.05) is 0 Å². The molecule has 128 valence electrons. The van der Waals surface area contributed by atoms with Gasteiger partial charge in [-0.25, -0.2) is 12.4 Å². The van der Waals surface area contributed by atoms with Gasteiger partial charge in [0.1, 0.15) is 0 Å². The summed E-state index contributed by atoms with van der Waals surface area (Å²) in [6.45, 7) is 5.93. The van der Waals surface area contributed by atoms with Gasteiger partial charge in [-0.2, -0.15) is 0 Å². The number of nitrogens with zero attached hydrogens (tertiary/aromatic N) is 1. The summed E-state index contributed by atoms with van der Waals surface area (Å²) in [6, 6.07) is 14.9. The van der Waals surface area contributed by atoms with Crippen molar-refractivity contribution in [1.29, 1.82) is 0 Å². The summed E-state index contributed by atoms with van der Waals surface area (Å²) in [7, 11) is -3.63. The minimum Gasteiger partial charge on any atom is -0.238 e. The van der Waals surface area contributed by atoms with Gasteiger partial charge >= 0.3 is 0 Å². The first kappa shape index (κ1) is 16.2. The van der Waals surface area contributed by atoms with Gasteiger partial charge in [0, 0.05) is 17.0 Å². The van der Waals surface area contributed by atoms with Gasteiger partial charge in [-0.15, -0.1) is 6.58 Å². The first-order valence-corrected chi connectivity index (χ1v) is 10.0. The molecule has 3 aromatic rings. The van der Waals surface area contributed by atoms with Crippen molar-refractivity contribution in [2.45, 2.75) is 37.0 Å². The molecule has 1 heterocycles. The van der Waals surface area contributed by atoms with Crippen molar-refractivity contribution < 1.29 is 8.42 Å². The van der Waals surface area contributed by atoms with E-state index in [4.69, 9.17) is 0 Å². The van der Waals surface area contributed by atoms with Crippen molar-refractivity contribution >= 4 is 20.9 Å². The van der Waals surface area contributed by atoms with Crippen molar-refractivity contribution in [1.82, 2.24) is 3.97 Å². The Kier molecular flexibility index (Phi) is 3.80. The van der Waals surface area contributed by atoms with Crippen LogP contribution in [0.15, 0.2) is 66.1 Å². The van der Waals surface area contributed by atoms with E-state index in [1.807, 2.05) is 49.4 Å². The molecule has 3 nitrogen and oxygen atoms in total. The van der Waals surface area contributed by atoms with E-state index in [1.54, 1.807) is 16.1 Å². The molecular formula is C21H21NO2S. The van der Waals surface area contributed by atoms with Crippen LogP contribution in [0.5, 0.6) is 0 Å². The van der Waals surface area contributed by atoms with Gasteiger partial charge in [0.05, 0.1) is 10.4 Å². The third-order valence-corrected chi connectivity index (χ3v) is 6.88. The highest BCUT2D eigenvalue weighted by Crippen LogP contribution is 2.41. The molecule has 1 atom stereocenters. The third kappa shape index (κ3) is 2.44. The van der Waals surface area contributed by atoms with Gasteiger partial charge in [0.25, 0.3) is 10.0 Å². The van der Waals surface area contributed by atoms with Crippen molar-refractivity contribution in [3.63, 3.8) is 0 Å². The largest absolute Gasteiger partial charge is 0.268 e. The smallest absolute Gasteiger partial charge is 0.238 e. The lowest BCUT2D eigenvalue weighted by molar-refractivity contribution is 0.578. The minimum atomic E-state index is -3.63. The Morgan fingerprint density at radius 3 is 2.56 bits per heavy atom. The highest BCUT2D eigenvalue weighted by Gasteiger charge is 2.31. The molecule has 0 N–H and O–H groups in total. The summed E-state index contributed by atoms with van der Waals surface area (Å²) in [5.74, 6) is 0.211. The number of aryl methyl sites for hydroxylation is 1. The van der Waals surface area contributed by atoms with E-state index in [-0.39, 0.29) is 5.92 Å². The fourth-order valence-corrected chi connectivity index (χ4v) is 5.49. The van der Waals surface area contributed by atoms with Crippen LogP contribution in [0.1, 0.15) is 35.6 Å². The monoisotopic (exact) mass is 351 g/mol. The second kappa shape index (κ2) is 5.88. The molecule has 4 heteroatoms. The Morgan fingerprint density at radius 1 is 1.12 bits per heavy atom. The highest BCUT2D eigenvalue weighted by atomic mass is 32.2. The van der Waals surface area contributed by atoms with E-state index >= 15 is 0 Å². The third-order valence-electron chi connectivity index (χ3n) is 5.11. The molecule has 25 heavy (non-hydrogen) atoms. The number of hydrogen-bond donors (Lipinski definition) is 0. The lowest BCUT2D eigenvalue weighted by Gasteiger charge is -2.22. The zero-order chi connectivity index (χ0) is 17.6.